The zero-order valence-corrected chi connectivity index (χ0v) is 14.4. The van der Waals surface area contributed by atoms with Crippen LogP contribution in [0.3, 0.4) is 0 Å². The first-order valence-electron chi connectivity index (χ1n) is 8.17. The van der Waals surface area contributed by atoms with Gasteiger partial charge >= 0.3 is 0 Å². The molecule has 3 rings (SSSR count). The molecule has 0 bridgehead atoms. The van der Waals surface area contributed by atoms with Crippen LogP contribution >= 0.6 is 0 Å². The number of hydrogen-bond donors (Lipinski definition) is 1. The molecule has 0 radical (unpaired) electrons. The van der Waals surface area contributed by atoms with Crippen molar-refractivity contribution in [3.63, 3.8) is 0 Å². The van der Waals surface area contributed by atoms with Gasteiger partial charge in [-0.25, -0.2) is 0 Å². The minimum absolute atomic E-state index is 0.430. The predicted octanol–water partition coefficient (Wildman–Crippen LogP) is 2.18. The minimum Gasteiger partial charge on any atom is -0.291 e. The molecular weight excluding hydrogens is 338 g/mol. The van der Waals surface area contributed by atoms with Crippen molar-refractivity contribution in [2.24, 2.45) is 5.41 Å². The van der Waals surface area contributed by atoms with Gasteiger partial charge in [0.2, 0.25) is 12.1 Å². The summed E-state index contributed by atoms with van der Waals surface area (Å²) in [7, 11) is 0. The normalized spacial score (nSPS) is 27.6. The number of aromatic nitrogens is 2. The largest absolute Gasteiger partial charge is 0.291 e. The quantitative estimate of drug-likeness (QED) is 0.657. The molecule has 1 aliphatic rings. The van der Waals surface area contributed by atoms with E-state index >= 15 is 0 Å². The summed E-state index contributed by atoms with van der Waals surface area (Å²) in [4.78, 5) is 31.0. The number of piperidine rings is 1. The summed E-state index contributed by atoms with van der Waals surface area (Å²) in [6.07, 6.45) is 6.27. The lowest BCUT2D eigenvalue weighted by Crippen LogP contribution is -2.63. The lowest BCUT2D eigenvalue weighted by Gasteiger charge is -2.44. The summed E-state index contributed by atoms with van der Waals surface area (Å²) in [6, 6.07) is 3.07. The van der Waals surface area contributed by atoms with Gasteiger partial charge in [-0.3, -0.25) is 35.5 Å². The van der Waals surface area contributed by atoms with E-state index in [4.69, 9.17) is 0 Å². The SMILES string of the molecule is CC1(C)[C@@H]([N+](=O)[O-])[C@@H](c2cccnc2)N[C@@H](c2cccnc2)[C@@H]1[N+](=O)[O-]. The van der Waals surface area contributed by atoms with Gasteiger partial charge in [0.05, 0.1) is 0 Å². The van der Waals surface area contributed by atoms with Gasteiger partial charge in [0.25, 0.3) is 0 Å². The fourth-order valence-corrected chi connectivity index (χ4v) is 3.87. The Morgan fingerprint density at radius 2 is 1.35 bits per heavy atom. The van der Waals surface area contributed by atoms with E-state index in [9.17, 15) is 20.2 Å². The Hall–Kier alpha value is -2.94. The lowest BCUT2D eigenvalue weighted by molar-refractivity contribution is -0.605. The van der Waals surface area contributed by atoms with Crippen LogP contribution < -0.4 is 5.32 Å². The first kappa shape index (κ1) is 17.9. The van der Waals surface area contributed by atoms with E-state index in [2.05, 4.69) is 15.3 Å². The van der Waals surface area contributed by atoms with Crippen molar-refractivity contribution in [2.75, 3.05) is 0 Å². The van der Waals surface area contributed by atoms with Crippen LogP contribution in [0.15, 0.2) is 49.1 Å². The third kappa shape index (κ3) is 3.01. The molecule has 9 heteroatoms. The maximum Gasteiger partial charge on any atom is 0.244 e. The fraction of sp³-hybridized carbons (Fsp3) is 0.412. The van der Waals surface area contributed by atoms with Gasteiger partial charge in [0.15, 0.2) is 0 Å². The topological polar surface area (TPSA) is 124 Å². The van der Waals surface area contributed by atoms with Crippen molar-refractivity contribution in [3.05, 3.63) is 80.4 Å². The molecule has 0 amide bonds. The van der Waals surface area contributed by atoms with Crippen LogP contribution in [0.1, 0.15) is 37.1 Å². The second kappa shape index (κ2) is 6.75. The maximum atomic E-state index is 11.9. The van der Waals surface area contributed by atoms with E-state index in [1.807, 2.05) is 0 Å². The number of nitrogens with one attached hydrogen (secondary N) is 1. The van der Waals surface area contributed by atoms with Crippen molar-refractivity contribution in [3.8, 4) is 0 Å². The minimum atomic E-state index is -1.21. The Morgan fingerprint density at radius 1 is 0.923 bits per heavy atom. The molecule has 136 valence electrons. The summed E-state index contributed by atoms with van der Waals surface area (Å²) in [5, 5.41) is 26.9. The molecule has 26 heavy (non-hydrogen) atoms. The first-order chi connectivity index (χ1) is 12.3. The predicted molar refractivity (Wildman–Crippen MR) is 92.4 cm³/mol. The third-order valence-electron chi connectivity index (χ3n) is 5.06. The van der Waals surface area contributed by atoms with E-state index < -0.39 is 39.4 Å². The van der Waals surface area contributed by atoms with Crippen LogP contribution in [-0.4, -0.2) is 31.9 Å². The average molecular weight is 357 g/mol. The van der Waals surface area contributed by atoms with E-state index in [1.165, 1.54) is 0 Å². The summed E-state index contributed by atoms with van der Waals surface area (Å²) in [5.74, 6) is 0. The third-order valence-corrected chi connectivity index (χ3v) is 5.06. The van der Waals surface area contributed by atoms with Crippen LogP contribution in [0.2, 0.25) is 0 Å². The number of rotatable bonds is 4. The van der Waals surface area contributed by atoms with Crippen molar-refractivity contribution in [1.29, 1.82) is 0 Å². The molecule has 0 saturated carbocycles. The Morgan fingerprint density at radius 3 is 1.65 bits per heavy atom. The Balaban J connectivity index is 2.14. The monoisotopic (exact) mass is 357 g/mol. The molecule has 0 aliphatic carbocycles. The average Bonchev–Trinajstić information content (AvgIpc) is 2.60. The van der Waals surface area contributed by atoms with Gasteiger partial charge in [-0.15, -0.1) is 0 Å². The van der Waals surface area contributed by atoms with Crippen LogP contribution in [0.25, 0.3) is 0 Å². The Labute approximate surface area is 149 Å². The number of nitro groups is 2. The van der Waals surface area contributed by atoms with Gasteiger partial charge in [0, 0.05) is 34.6 Å². The Bertz CT molecular complexity index is 734. The summed E-state index contributed by atoms with van der Waals surface area (Å²) in [6.45, 7) is 3.17. The van der Waals surface area contributed by atoms with Gasteiger partial charge in [-0.05, 0) is 37.1 Å². The van der Waals surface area contributed by atoms with E-state index in [-0.39, 0.29) is 0 Å². The molecule has 2 aromatic rings. The standard InChI is InChI=1S/C17H19N5O4/c1-17(2)15(21(23)24)13(11-5-3-7-18-9-11)20-14(16(17)22(25)26)12-6-4-8-19-10-12/h3-10,13-16,20H,1-2H3/t13-,14+,15-,16-/m0/s1. The summed E-state index contributed by atoms with van der Waals surface area (Å²) in [5.41, 5.74) is 0.0372. The van der Waals surface area contributed by atoms with E-state index in [1.54, 1.807) is 62.9 Å². The first-order valence-corrected chi connectivity index (χ1v) is 8.17. The number of pyridine rings is 2. The molecule has 2 aromatic heterocycles. The maximum absolute atomic E-state index is 11.9. The zero-order chi connectivity index (χ0) is 18.9. The zero-order valence-electron chi connectivity index (χ0n) is 14.4. The molecule has 1 aliphatic heterocycles. The molecule has 1 N–H and O–H groups in total. The molecule has 0 aromatic carbocycles. The highest BCUT2D eigenvalue weighted by atomic mass is 16.6. The molecule has 1 saturated heterocycles. The van der Waals surface area contributed by atoms with Crippen LogP contribution in [0, 0.1) is 25.6 Å². The number of nitrogens with zero attached hydrogens (tertiary/aromatic N) is 4. The molecule has 4 atom stereocenters. The molecule has 9 nitrogen and oxygen atoms in total. The van der Waals surface area contributed by atoms with E-state index in [0.29, 0.717) is 11.1 Å². The second-order valence-corrected chi connectivity index (χ2v) is 6.98. The van der Waals surface area contributed by atoms with Crippen molar-refractivity contribution < 1.29 is 9.85 Å². The van der Waals surface area contributed by atoms with Gasteiger partial charge in [-0.2, -0.15) is 0 Å². The highest BCUT2D eigenvalue weighted by Gasteiger charge is 2.62. The molecule has 0 unspecified atom stereocenters. The van der Waals surface area contributed by atoms with Gasteiger partial charge < -0.3 is 0 Å². The van der Waals surface area contributed by atoms with E-state index in [0.717, 1.165) is 0 Å². The van der Waals surface area contributed by atoms with Crippen LogP contribution in [0.5, 0.6) is 0 Å². The van der Waals surface area contributed by atoms with Crippen molar-refractivity contribution >= 4 is 0 Å². The molecule has 3 heterocycles. The van der Waals surface area contributed by atoms with Crippen LogP contribution in [0.4, 0.5) is 0 Å². The smallest absolute Gasteiger partial charge is 0.244 e. The van der Waals surface area contributed by atoms with Crippen molar-refractivity contribution in [2.45, 2.75) is 38.0 Å². The highest BCUT2D eigenvalue weighted by molar-refractivity contribution is 5.25. The second-order valence-electron chi connectivity index (χ2n) is 6.98. The Kier molecular flexibility index (Phi) is 4.64. The summed E-state index contributed by atoms with van der Waals surface area (Å²) < 4.78 is 0. The molecular formula is C17H19N5O4. The van der Waals surface area contributed by atoms with Gasteiger partial charge in [-0.1, -0.05) is 12.1 Å². The van der Waals surface area contributed by atoms with Crippen LogP contribution in [-0.2, 0) is 0 Å². The van der Waals surface area contributed by atoms with Gasteiger partial charge in [0.1, 0.15) is 17.5 Å². The molecule has 1 fully saturated rings. The highest BCUT2D eigenvalue weighted by Crippen LogP contribution is 2.46. The fourth-order valence-electron chi connectivity index (χ4n) is 3.87. The number of hydrogen-bond acceptors (Lipinski definition) is 7. The molecule has 0 spiro atoms. The summed E-state index contributed by atoms with van der Waals surface area (Å²) >= 11 is 0. The lowest BCUT2D eigenvalue weighted by atomic mass is 9.66. The van der Waals surface area contributed by atoms with Crippen molar-refractivity contribution in [1.82, 2.24) is 15.3 Å².